The minimum atomic E-state index is -0.615. The Morgan fingerprint density at radius 2 is 1.64 bits per heavy atom. The van der Waals surface area contributed by atoms with Crippen molar-refractivity contribution in [2.24, 2.45) is 0 Å². The molecule has 0 saturated heterocycles. The Morgan fingerprint density at radius 3 is 2.18 bits per heavy atom. The Balaban J connectivity index is 2.11. The monoisotopic (exact) mass is 303 g/mol. The first-order valence-corrected chi connectivity index (χ1v) is 6.38. The second-order valence-corrected chi connectivity index (χ2v) is 4.37. The number of hydrogen-bond acceptors (Lipinski definition) is 4. The number of rotatable bonds is 4. The number of carbonyl (C=O) groups is 2. The van der Waals surface area contributed by atoms with Gasteiger partial charge >= 0.3 is 5.97 Å². The summed E-state index contributed by atoms with van der Waals surface area (Å²) in [5.41, 5.74) is 1.01. The van der Waals surface area contributed by atoms with Gasteiger partial charge in [0.05, 0.1) is 19.8 Å². The topological polar surface area (TPSA) is 64.6 Å². The molecule has 0 aliphatic carbocycles. The Kier molecular flexibility index (Phi) is 4.73. The van der Waals surface area contributed by atoms with Gasteiger partial charge in [-0.25, -0.2) is 9.18 Å². The lowest BCUT2D eigenvalue weighted by Gasteiger charge is -2.07. The third kappa shape index (κ3) is 3.41. The van der Waals surface area contributed by atoms with Gasteiger partial charge in [-0.05, 0) is 42.5 Å². The van der Waals surface area contributed by atoms with Gasteiger partial charge in [0.2, 0.25) is 0 Å². The van der Waals surface area contributed by atoms with Crippen LogP contribution in [0.25, 0.3) is 0 Å². The van der Waals surface area contributed by atoms with Crippen LogP contribution in [0.5, 0.6) is 5.75 Å². The number of amides is 1. The molecule has 2 rings (SSSR count). The van der Waals surface area contributed by atoms with E-state index in [1.165, 1.54) is 38.5 Å². The van der Waals surface area contributed by atoms with Crippen LogP contribution in [0, 0.1) is 5.82 Å². The van der Waals surface area contributed by atoms with Crippen LogP contribution < -0.4 is 10.1 Å². The van der Waals surface area contributed by atoms with Crippen molar-refractivity contribution in [3.8, 4) is 5.75 Å². The van der Waals surface area contributed by atoms with Gasteiger partial charge in [0.25, 0.3) is 5.91 Å². The van der Waals surface area contributed by atoms with E-state index >= 15 is 0 Å². The molecule has 0 spiro atoms. The highest BCUT2D eigenvalue weighted by atomic mass is 19.1. The van der Waals surface area contributed by atoms with Crippen LogP contribution in [-0.2, 0) is 4.74 Å². The van der Waals surface area contributed by atoms with Gasteiger partial charge in [0.1, 0.15) is 0 Å². The predicted octanol–water partition coefficient (Wildman–Crippen LogP) is 2.87. The molecule has 0 unspecified atom stereocenters. The van der Waals surface area contributed by atoms with Crippen molar-refractivity contribution in [3.63, 3.8) is 0 Å². The molecular formula is C16H14FNO4. The van der Waals surface area contributed by atoms with Gasteiger partial charge in [-0.3, -0.25) is 4.79 Å². The number of methoxy groups -OCH3 is 2. The summed E-state index contributed by atoms with van der Waals surface area (Å²) in [5.74, 6) is -1.47. The summed E-state index contributed by atoms with van der Waals surface area (Å²) in [6, 6.07) is 10.1. The maximum absolute atomic E-state index is 13.6. The molecule has 1 amide bonds. The molecule has 0 atom stereocenters. The van der Waals surface area contributed by atoms with Crippen LogP contribution in [0.1, 0.15) is 20.7 Å². The Bertz CT molecular complexity index is 698. The predicted molar refractivity (Wildman–Crippen MR) is 78.7 cm³/mol. The molecule has 0 aliphatic heterocycles. The minimum Gasteiger partial charge on any atom is -0.494 e. The summed E-state index contributed by atoms with van der Waals surface area (Å²) >= 11 is 0. The molecule has 0 heterocycles. The fourth-order valence-electron chi connectivity index (χ4n) is 1.82. The fraction of sp³-hybridized carbons (Fsp3) is 0.125. The average Bonchev–Trinajstić information content (AvgIpc) is 2.54. The first-order chi connectivity index (χ1) is 10.5. The Morgan fingerprint density at radius 1 is 1.00 bits per heavy atom. The van der Waals surface area contributed by atoms with Crippen LogP contribution >= 0.6 is 0 Å². The van der Waals surface area contributed by atoms with Crippen molar-refractivity contribution < 1.29 is 23.5 Å². The number of esters is 1. The van der Waals surface area contributed by atoms with Gasteiger partial charge < -0.3 is 14.8 Å². The number of nitrogens with one attached hydrogen (secondary N) is 1. The molecule has 1 N–H and O–H groups in total. The van der Waals surface area contributed by atoms with E-state index in [-0.39, 0.29) is 11.3 Å². The zero-order chi connectivity index (χ0) is 16.1. The number of halogens is 1. The van der Waals surface area contributed by atoms with E-state index < -0.39 is 17.7 Å². The van der Waals surface area contributed by atoms with Gasteiger partial charge in [0.15, 0.2) is 11.6 Å². The van der Waals surface area contributed by atoms with Crippen LogP contribution in [-0.4, -0.2) is 26.1 Å². The van der Waals surface area contributed by atoms with E-state index in [1.807, 2.05) is 0 Å². The normalized spacial score (nSPS) is 9.95. The van der Waals surface area contributed by atoms with Gasteiger partial charge in [-0.15, -0.1) is 0 Å². The Hall–Kier alpha value is -2.89. The smallest absolute Gasteiger partial charge is 0.337 e. The van der Waals surface area contributed by atoms with Crippen LogP contribution in [0.15, 0.2) is 42.5 Å². The zero-order valence-electron chi connectivity index (χ0n) is 12.1. The lowest BCUT2D eigenvalue weighted by molar-refractivity contribution is 0.0600. The SMILES string of the molecule is COC(=O)c1ccc(NC(=O)c2ccc(OC)c(F)c2)cc1. The molecule has 0 radical (unpaired) electrons. The highest BCUT2D eigenvalue weighted by Crippen LogP contribution is 2.19. The molecular weight excluding hydrogens is 289 g/mol. The lowest BCUT2D eigenvalue weighted by atomic mass is 10.1. The average molecular weight is 303 g/mol. The highest BCUT2D eigenvalue weighted by molar-refractivity contribution is 6.04. The minimum absolute atomic E-state index is 0.0685. The summed E-state index contributed by atoms with van der Waals surface area (Å²) < 4.78 is 22.9. The lowest BCUT2D eigenvalue weighted by Crippen LogP contribution is -2.12. The summed E-state index contributed by atoms with van der Waals surface area (Å²) in [7, 11) is 2.64. The zero-order valence-corrected chi connectivity index (χ0v) is 12.1. The summed E-state index contributed by atoms with van der Waals surface area (Å²) in [4.78, 5) is 23.3. The van der Waals surface area contributed by atoms with Gasteiger partial charge in [-0.2, -0.15) is 0 Å². The summed E-state index contributed by atoms with van der Waals surface area (Å²) in [6.07, 6.45) is 0. The molecule has 2 aromatic rings. The summed E-state index contributed by atoms with van der Waals surface area (Å²) in [5, 5.41) is 2.61. The summed E-state index contributed by atoms with van der Waals surface area (Å²) in [6.45, 7) is 0. The molecule has 6 heteroatoms. The molecule has 0 aromatic heterocycles. The number of hydrogen-bond donors (Lipinski definition) is 1. The molecule has 0 saturated carbocycles. The fourth-order valence-corrected chi connectivity index (χ4v) is 1.82. The standard InChI is InChI=1S/C16H14FNO4/c1-21-14-8-5-11(9-13(14)17)15(19)18-12-6-3-10(4-7-12)16(20)22-2/h3-9H,1-2H3,(H,18,19). The van der Waals surface area contributed by atoms with E-state index in [2.05, 4.69) is 10.1 Å². The van der Waals surface area contributed by atoms with E-state index in [1.54, 1.807) is 12.1 Å². The second-order valence-electron chi connectivity index (χ2n) is 4.37. The number of ether oxygens (including phenoxy) is 2. The molecule has 22 heavy (non-hydrogen) atoms. The van der Waals surface area contributed by atoms with Crippen molar-refractivity contribution in [1.82, 2.24) is 0 Å². The number of carbonyl (C=O) groups excluding carboxylic acids is 2. The van der Waals surface area contributed by atoms with E-state index in [0.717, 1.165) is 6.07 Å². The molecule has 0 bridgehead atoms. The molecule has 2 aromatic carbocycles. The number of anilines is 1. The van der Waals surface area contributed by atoms with E-state index in [4.69, 9.17) is 4.74 Å². The van der Waals surface area contributed by atoms with Gasteiger partial charge in [0, 0.05) is 11.3 Å². The largest absolute Gasteiger partial charge is 0.494 e. The van der Waals surface area contributed by atoms with Crippen molar-refractivity contribution >= 4 is 17.6 Å². The van der Waals surface area contributed by atoms with Crippen molar-refractivity contribution in [1.29, 1.82) is 0 Å². The Labute approximate surface area is 126 Å². The molecule has 114 valence electrons. The van der Waals surface area contributed by atoms with Crippen molar-refractivity contribution in [2.75, 3.05) is 19.5 Å². The maximum atomic E-state index is 13.6. The van der Waals surface area contributed by atoms with Crippen molar-refractivity contribution in [2.45, 2.75) is 0 Å². The van der Waals surface area contributed by atoms with Crippen LogP contribution in [0.3, 0.4) is 0 Å². The molecule has 0 aliphatic rings. The maximum Gasteiger partial charge on any atom is 0.337 e. The van der Waals surface area contributed by atoms with Crippen LogP contribution in [0.4, 0.5) is 10.1 Å². The van der Waals surface area contributed by atoms with E-state index in [9.17, 15) is 14.0 Å². The van der Waals surface area contributed by atoms with E-state index in [0.29, 0.717) is 11.3 Å². The number of benzene rings is 2. The third-order valence-corrected chi connectivity index (χ3v) is 2.98. The first-order valence-electron chi connectivity index (χ1n) is 6.38. The van der Waals surface area contributed by atoms with Gasteiger partial charge in [-0.1, -0.05) is 0 Å². The quantitative estimate of drug-likeness (QED) is 0.882. The first kappa shape index (κ1) is 15.5. The molecule has 0 fully saturated rings. The highest BCUT2D eigenvalue weighted by Gasteiger charge is 2.11. The van der Waals surface area contributed by atoms with Crippen molar-refractivity contribution in [3.05, 3.63) is 59.4 Å². The second kappa shape index (κ2) is 6.71. The third-order valence-electron chi connectivity index (χ3n) is 2.98. The van der Waals surface area contributed by atoms with Crippen LogP contribution in [0.2, 0.25) is 0 Å². The molecule has 5 nitrogen and oxygen atoms in total.